The molecule has 19 heavy (non-hydrogen) atoms. The average molecular weight is 298 g/mol. The van der Waals surface area contributed by atoms with E-state index in [0.29, 0.717) is 10.7 Å². The summed E-state index contributed by atoms with van der Waals surface area (Å²) in [6.07, 6.45) is 1.30. The minimum absolute atomic E-state index is 0.274. The van der Waals surface area contributed by atoms with Gasteiger partial charge in [-0.1, -0.05) is 16.1 Å². The number of nitrogens with zero attached hydrogens (tertiary/aromatic N) is 3. The Hall–Kier alpha value is -1.99. The van der Waals surface area contributed by atoms with Crippen LogP contribution in [-0.2, 0) is 4.79 Å². The second-order valence-corrected chi connectivity index (χ2v) is 4.77. The molecule has 0 spiro atoms. The molecule has 2 aromatic rings. The fourth-order valence-corrected chi connectivity index (χ4v) is 2.02. The van der Waals surface area contributed by atoms with Crippen LogP contribution in [0.5, 0.6) is 0 Å². The number of benzene rings is 1. The van der Waals surface area contributed by atoms with Crippen LogP contribution in [0.3, 0.4) is 0 Å². The molecule has 0 aliphatic heterocycles. The topological polar surface area (TPSA) is 83.4 Å². The Balaban J connectivity index is 2.33. The van der Waals surface area contributed by atoms with Gasteiger partial charge in [-0.05, 0) is 35.8 Å². The van der Waals surface area contributed by atoms with Gasteiger partial charge in [0.1, 0.15) is 11.4 Å². The standard InChI is InChI=1S/C11H8ClN3O3S/c12-7-1-3-8(4-2-7)15(6-10(16)17)11(18)9-5-13-14-19-9/h1-5H,6H2,(H,16,17). The van der Waals surface area contributed by atoms with Crippen LogP contribution in [0.1, 0.15) is 9.67 Å². The number of hydrogen-bond donors (Lipinski definition) is 1. The number of rotatable bonds is 4. The highest BCUT2D eigenvalue weighted by atomic mass is 35.5. The van der Waals surface area contributed by atoms with Gasteiger partial charge in [0.25, 0.3) is 5.91 Å². The molecule has 0 radical (unpaired) electrons. The second kappa shape index (κ2) is 5.77. The molecule has 0 saturated heterocycles. The summed E-state index contributed by atoms with van der Waals surface area (Å²) in [5.74, 6) is -1.57. The van der Waals surface area contributed by atoms with E-state index < -0.39 is 18.4 Å². The summed E-state index contributed by atoms with van der Waals surface area (Å²) in [7, 11) is 0. The van der Waals surface area contributed by atoms with E-state index in [4.69, 9.17) is 16.7 Å². The van der Waals surface area contributed by atoms with Gasteiger partial charge in [0.05, 0.1) is 6.20 Å². The molecule has 0 fully saturated rings. The molecule has 8 heteroatoms. The predicted octanol–water partition coefficient (Wildman–Crippen LogP) is 1.92. The van der Waals surface area contributed by atoms with Crippen LogP contribution in [0.4, 0.5) is 5.69 Å². The molecule has 98 valence electrons. The van der Waals surface area contributed by atoms with Crippen molar-refractivity contribution in [2.24, 2.45) is 0 Å². The van der Waals surface area contributed by atoms with Crippen molar-refractivity contribution in [2.75, 3.05) is 11.4 Å². The lowest BCUT2D eigenvalue weighted by Crippen LogP contribution is -2.35. The molecule has 0 unspecified atom stereocenters. The molecule has 0 saturated carbocycles. The fraction of sp³-hybridized carbons (Fsp3) is 0.0909. The highest BCUT2D eigenvalue weighted by Crippen LogP contribution is 2.20. The molecule has 1 heterocycles. The maximum Gasteiger partial charge on any atom is 0.323 e. The number of carbonyl (C=O) groups excluding carboxylic acids is 1. The average Bonchev–Trinajstić information content (AvgIpc) is 2.90. The van der Waals surface area contributed by atoms with Gasteiger partial charge in [0.15, 0.2) is 0 Å². The molecular weight excluding hydrogens is 290 g/mol. The molecule has 0 aliphatic rings. The number of aliphatic carboxylic acids is 1. The molecular formula is C11H8ClN3O3S. The van der Waals surface area contributed by atoms with Crippen molar-refractivity contribution in [1.29, 1.82) is 0 Å². The number of hydrogen-bond acceptors (Lipinski definition) is 5. The quantitative estimate of drug-likeness (QED) is 0.932. The van der Waals surface area contributed by atoms with E-state index in [9.17, 15) is 9.59 Å². The van der Waals surface area contributed by atoms with Gasteiger partial charge in [-0.3, -0.25) is 14.5 Å². The lowest BCUT2D eigenvalue weighted by Gasteiger charge is -2.19. The zero-order valence-corrected chi connectivity index (χ0v) is 11.1. The monoisotopic (exact) mass is 297 g/mol. The van der Waals surface area contributed by atoms with Crippen LogP contribution in [0.2, 0.25) is 5.02 Å². The summed E-state index contributed by atoms with van der Waals surface area (Å²) < 4.78 is 3.59. The molecule has 1 aromatic heterocycles. The van der Waals surface area contributed by atoms with E-state index in [1.165, 1.54) is 6.20 Å². The minimum Gasteiger partial charge on any atom is -0.480 e. The number of aromatic nitrogens is 2. The van der Waals surface area contributed by atoms with Crippen molar-refractivity contribution in [2.45, 2.75) is 0 Å². The molecule has 1 aromatic carbocycles. The lowest BCUT2D eigenvalue weighted by molar-refractivity contribution is -0.135. The van der Waals surface area contributed by atoms with Crippen LogP contribution in [0.15, 0.2) is 30.5 Å². The number of carbonyl (C=O) groups is 2. The molecule has 6 nitrogen and oxygen atoms in total. The molecule has 2 rings (SSSR count). The molecule has 0 bridgehead atoms. The van der Waals surface area contributed by atoms with E-state index in [1.807, 2.05) is 0 Å². The second-order valence-electron chi connectivity index (χ2n) is 3.54. The zero-order chi connectivity index (χ0) is 13.8. The Bertz CT molecular complexity index is 586. The SMILES string of the molecule is O=C(O)CN(C(=O)c1cnns1)c1ccc(Cl)cc1. The fourth-order valence-electron chi connectivity index (χ4n) is 1.43. The Kier molecular flexibility index (Phi) is 4.08. The third-order valence-electron chi connectivity index (χ3n) is 2.25. The summed E-state index contributed by atoms with van der Waals surface area (Å²) in [5.41, 5.74) is 0.449. The first-order valence-electron chi connectivity index (χ1n) is 5.14. The number of carboxylic acids is 1. The Morgan fingerprint density at radius 1 is 1.32 bits per heavy atom. The first-order chi connectivity index (χ1) is 9.08. The van der Waals surface area contributed by atoms with E-state index in [1.54, 1.807) is 24.3 Å². The van der Waals surface area contributed by atoms with Gasteiger partial charge < -0.3 is 5.11 Å². The van der Waals surface area contributed by atoms with Crippen LogP contribution < -0.4 is 4.90 Å². The minimum atomic E-state index is -1.11. The first kappa shape index (κ1) is 13.4. The normalized spacial score (nSPS) is 10.2. The van der Waals surface area contributed by atoms with Gasteiger partial charge in [-0.15, -0.1) is 5.10 Å². The van der Waals surface area contributed by atoms with Crippen molar-refractivity contribution in [1.82, 2.24) is 9.59 Å². The maximum atomic E-state index is 12.2. The van der Waals surface area contributed by atoms with Gasteiger partial charge in [-0.25, -0.2) is 0 Å². The van der Waals surface area contributed by atoms with Crippen molar-refractivity contribution >= 4 is 40.7 Å². The van der Waals surface area contributed by atoms with Crippen LogP contribution in [-0.4, -0.2) is 33.1 Å². The highest BCUT2D eigenvalue weighted by molar-refractivity contribution is 7.07. The largest absolute Gasteiger partial charge is 0.480 e. The third-order valence-corrected chi connectivity index (χ3v) is 3.15. The van der Waals surface area contributed by atoms with E-state index in [0.717, 1.165) is 16.4 Å². The Morgan fingerprint density at radius 2 is 2.00 bits per heavy atom. The number of carboxylic acid groups (broad SMARTS) is 1. The van der Waals surface area contributed by atoms with Crippen molar-refractivity contribution in [3.8, 4) is 0 Å². The maximum absolute atomic E-state index is 12.2. The summed E-state index contributed by atoms with van der Waals surface area (Å²) in [6, 6.07) is 6.34. The Morgan fingerprint density at radius 3 is 2.53 bits per heavy atom. The highest BCUT2D eigenvalue weighted by Gasteiger charge is 2.22. The summed E-state index contributed by atoms with van der Waals surface area (Å²) in [6.45, 7) is -0.446. The smallest absolute Gasteiger partial charge is 0.323 e. The van der Waals surface area contributed by atoms with E-state index in [-0.39, 0.29) is 4.88 Å². The van der Waals surface area contributed by atoms with E-state index >= 15 is 0 Å². The summed E-state index contributed by atoms with van der Waals surface area (Å²) >= 11 is 6.68. The molecule has 0 aliphatic carbocycles. The summed E-state index contributed by atoms with van der Waals surface area (Å²) in [5, 5.41) is 13.0. The van der Waals surface area contributed by atoms with Crippen molar-refractivity contribution in [3.63, 3.8) is 0 Å². The molecule has 1 amide bonds. The Labute approximate surface area is 117 Å². The van der Waals surface area contributed by atoms with Gasteiger partial charge in [0, 0.05) is 10.7 Å². The zero-order valence-electron chi connectivity index (χ0n) is 9.49. The van der Waals surface area contributed by atoms with Crippen LogP contribution in [0.25, 0.3) is 0 Å². The number of halogens is 1. The lowest BCUT2D eigenvalue weighted by atomic mass is 10.2. The van der Waals surface area contributed by atoms with Gasteiger partial charge in [0.2, 0.25) is 0 Å². The van der Waals surface area contributed by atoms with Gasteiger partial charge in [-0.2, -0.15) is 0 Å². The van der Waals surface area contributed by atoms with Crippen LogP contribution >= 0.6 is 23.1 Å². The van der Waals surface area contributed by atoms with Crippen molar-refractivity contribution < 1.29 is 14.7 Å². The molecule has 0 atom stereocenters. The summed E-state index contributed by atoms with van der Waals surface area (Å²) in [4.78, 5) is 24.5. The first-order valence-corrected chi connectivity index (χ1v) is 6.29. The van der Waals surface area contributed by atoms with Gasteiger partial charge >= 0.3 is 5.97 Å². The third kappa shape index (κ3) is 3.27. The predicted molar refractivity (Wildman–Crippen MR) is 70.7 cm³/mol. The van der Waals surface area contributed by atoms with Crippen LogP contribution in [0, 0.1) is 0 Å². The van der Waals surface area contributed by atoms with Crippen molar-refractivity contribution in [3.05, 3.63) is 40.4 Å². The number of amides is 1. The van der Waals surface area contributed by atoms with E-state index in [2.05, 4.69) is 9.59 Å². The number of anilines is 1. The molecule has 1 N–H and O–H groups in total.